The van der Waals surface area contributed by atoms with Gasteiger partial charge < -0.3 is 15.4 Å². The molecule has 9 heteroatoms. The van der Waals surface area contributed by atoms with E-state index in [9.17, 15) is 14.9 Å². The van der Waals surface area contributed by atoms with Crippen molar-refractivity contribution in [3.05, 3.63) is 142 Å². The van der Waals surface area contributed by atoms with Crippen molar-refractivity contribution in [1.82, 2.24) is 5.32 Å². The van der Waals surface area contributed by atoms with E-state index in [1.807, 2.05) is 72.8 Å². The number of dihydropyridines is 1. The number of nitriles is 1. The summed E-state index contributed by atoms with van der Waals surface area (Å²) in [4.78, 5) is 29.3. The minimum absolute atomic E-state index is 0.0303. The van der Waals surface area contributed by atoms with Gasteiger partial charge >= 0.3 is 0 Å². The van der Waals surface area contributed by atoms with Gasteiger partial charge in [0.25, 0.3) is 5.91 Å². The molecule has 1 aliphatic heterocycles. The third kappa shape index (κ3) is 6.50. The molecule has 2 N–H and O–H groups in total. The van der Waals surface area contributed by atoms with Crippen LogP contribution < -0.4 is 20.3 Å². The number of thioether (sulfide) groups is 1. The fourth-order valence-corrected chi connectivity index (χ4v) is 6.26. The molecule has 0 saturated carbocycles. The van der Waals surface area contributed by atoms with Crippen LogP contribution in [0.1, 0.15) is 18.4 Å². The minimum atomic E-state index is -0.776. The number of carbonyl (C=O) groups excluding carboxylic acids is 2. The lowest BCUT2D eigenvalue weighted by molar-refractivity contribution is -0.115. The van der Waals surface area contributed by atoms with Gasteiger partial charge in [-0.15, -0.1) is 0 Å². The monoisotopic (exact) mass is 620 g/mol. The van der Waals surface area contributed by atoms with E-state index >= 15 is 0 Å². The number of carbonyl (C=O) groups is 2. The van der Waals surface area contributed by atoms with Gasteiger partial charge in [0.15, 0.2) is 0 Å². The van der Waals surface area contributed by atoms with Crippen molar-refractivity contribution in [2.24, 2.45) is 0 Å². The molecule has 0 unspecified atom stereocenters. The van der Waals surface area contributed by atoms with Gasteiger partial charge in [-0.2, -0.15) is 5.26 Å². The van der Waals surface area contributed by atoms with Gasteiger partial charge in [-0.05, 0) is 55.0 Å². The Bertz CT molecular complexity index is 1750. The number of ether oxygens (including phenoxy) is 1. The molecule has 5 rings (SSSR count). The van der Waals surface area contributed by atoms with Crippen LogP contribution in [-0.2, 0) is 9.59 Å². The molecule has 1 atom stereocenters. The molecular formula is C35H29ClN4O3S. The molecule has 7 nitrogen and oxygen atoms in total. The van der Waals surface area contributed by atoms with Gasteiger partial charge in [-0.25, -0.2) is 0 Å². The minimum Gasteiger partial charge on any atom is -0.495 e. The summed E-state index contributed by atoms with van der Waals surface area (Å²) in [5, 5.41) is 17.6. The number of anilines is 3. The van der Waals surface area contributed by atoms with Crippen LogP contribution in [0.4, 0.5) is 17.1 Å². The summed E-state index contributed by atoms with van der Waals surface area (Å²) in [6.45, 7) is 1.78. The van der Waals surface area contributed by atoms with E-state index < -0.39 is 11.8 Å². The van der Waals surface area contributed by atoms with Crippen LogP contribution in [-0.4, -0.2) is 24.7 Å². The SMILES string of the molecule is COc1ccccc1NC(=O)C1=C(C)NC(SCC(=O)N(c2ccccc2)c2ccccc2)=C(C#N)[C@@H]1c1ccccc1Cl. The molecule has 0 bridgehead atoms. The van der Waals surface area contributed by atoms with Crippen molar-refractivity contribution in [3.63, 3.8) is 0 Å². The zero-order chi connectivity index (χ0) is 31.1. The van der Waals surface area contributed by atoms with Crippen molar-refractivity contribution in [3.8, 4) is 11.8 Å². The lowest BCUT2D eigenvalue weighted by Crippen LogP contribution is -2.32. The Balaban J connectivity index is 1.49. The number of nitrogens with one attached hydrogen (secondary N) is 2. The van der Waals surface area contributed by atoms with Crippen molar-refractivity contribution >= 4 is 52.2 Å². The number of rotatable bonds is 9. The Labute approximate surface area is 265 Å². The van der Waals surface area contributed by atoms with Crippen molar-refractivity contribution < 1.29 is 14.3 Å². The summed E-state index contributed by atoms with van der Waals surface area (Å²) in [6, 6.07) is 35.4. The Kier molecular flexibility index (Phi) is 9.70. The summed E-state index contributed by atoms with van der Waals surface area (Å²) in [5.41, 5.74) is 3.74. The first-order valence-electron chi connectivity index (χ1n) is 13.8. The highest BCUT2D eigenvalue weighted by Crippen LogP contribution is 2.43. The first-order valence-corrected chi connectivity index (χ1v) is 15.2. The zero-order valence-electron chi connectivity index (χ0n) is 24.1. The highest BCUT2D eigenvalue weighted by atomic mass is 35.5. The molecule has 44 heavy (non-hydrogen) atoms. The lowest BCUT2D eigenvalue weighted by Gasteiger charge is -2.30. The largest absolute Gasteiger partial charge is 0.495 e. The van der Waals surface area contributed by atoms with Crippen LogP contribution in [0.2, 0.25) is 5.02 Å². The number of hydrogen-bond acceptors (Lipinski definition) is 6. The second-order valence-corrected chi connectivity index (χ2v) is 11.2. The molecule has 0 aliphatic carbocycles. The standard InChI is InChI=1S/C35H29ClN4O3S/c1-23-32(34(42)39-29-19-11-12-20-30(29)43-2)33(26-17-9-10-18-28(26)36)27(21-37)35(38-23)44-22-31(41)40(24-13-5-3-6-14-24)25-15-7-4-8-16-25/h3-20,33,38H,22H2,1-2H3,(H,39,42)/t33-/m0/s1. The average Bonchev–Trinajstić information content (AvgIpc) is 3.05. The average molecular weight is 621 g/mol. The summed E-state index contributed by atoms with van der Waals surface area (Å²) in [6.07, 6.45) is 0. The maximum Gasteiger partial charge on any atom is 0.254 e. The first-order chi connectivity index (χ1) is 21.4. The van der Waals surface area contributed by atoms with Crippen LogP contribution in [0, 0.1) is 11.3 Å². The van der Waals surface area contributed by atoms with E-state index in [2.05, 4.69) is 16.7 Å². The van der Waals surface area contributed by atoms with Gasteiger partial charge in [-0.3, -0.25) is 14.5 Å². The number of hydrogen-bond donors (Lipinski definition) is 2. The molecule has 0 fully saturated rings. The van der Waals surface area contributed by atoms with E-state index in [-0.39, 0.29) is 17.2 Å². The molecule has 220 valence electrons. The molecule has 0 spiro atoms. The molecule has 0 saturated heterocycles. The highest BCUT2D eigenvalue weighted by Gasteiger charge is 2.36. The number of amides is 2. The number of halogens is 1. The summed E-state index contributed by atoms with van der Waals surface area (Å²) in [7, 11) is 1.53. The van der Waals surface area contributed by atoms with Gasteiger partial charge in [-0.1, -0.05) is 90.1 Å². The smallest absolute Gasteiger partial charge is 0.254 e. The quantitative estimate of drug-likeness (QED) is 0.198. The normalized spacial score (nSPS) is 14.4. The van der Waals surface area contributed by atoms with Crippen molar-refractivity contribution in [2.45, 2.75) is 12.8 Å². The fraction of sp³-hybridized carbons (Fsp3) is 0.114. The fourth-order valence-electron chi connectivity index (χ4n) is 5.07. The second kappa shape index (κ2) is 14.0. The lowest BCUT2D eigenvalue weighted by atomic mass is 9.82. The van der Waals surface area contributed by atoms with Gasteiger partial charge in [0.05, 0.1) is 41.1 Å². The van der Waals surface area contributed by atoms with Crippen LogP contribution in [0.15, 0.2) is 131 Å². The number of nitrogens with zero attached hydrogens (tertiary/aromatic N) is 2. The molecule has 0 radical (unpaired) electrons. The second-order valence-electron chi connectivity index (χ2n) is 9.82. The van der Waals surface area contributed by atoms with Gasteiger partial charge in [0, 0.05) is 27.7 Å². The maximum atomic E-state index is 13.9. The molecule has 0 aromatic heterocycles. The van der Waals surface area contributed by atoms with Crippen LogP contribution in [0.5, 0.6) is 5.75 Å². The van der Waals surface area contributed by atoms with Gasteiger partial charge in [0.1, 0.15) is 5.75 Å². The van der Waals surface area contributed by atoms with Crippen molar-refractivity contribution in [1.29, 1.82) is 5.26 Å². The Morgan fingerprint density at radius 2 is 1.52 bits per heavy atom. The van der Waals surface area contributed by atoms with Gasteiger partial charge in [0.2, 0.25) is 5.91 Å². The number of allylic oxidation sites excluding steroid dienone is 2. The molecule has 2 amide bonds. The Morgan fingerprint density at radius 1 is 0.932 bits per heavy atom. The summed E-state index contributed by atoms with van der Waals surface area (Å²) < 4.78 is 5.42. The van der Waals surface area contributed by atoms with Crippen LogP contribution in [0.3, 0.4) is 0 Å². The zero-order valence-corrected chi connectivity index (χ0v) is 25.7. The molecule has 4 aromatic carbocycles. The number of methoxy groups -OCH3 is 1. The molecule has 4 aromatic rings. The van der Waals surface area contributed by atoms with E-state index in [1.54, 1.807) is 48.2 Å². The van der Waals surface area contributed by atoms with Crippen LogP contribution in [0.25, 0.3) is 0 Å². The first kappa shape index (κ1) is 30.5. The molecule has 1 aliphatic rings. The van der Waals surface area contributed by atoms with E-state index in [1.165, 1.54) is 18.9 Å². The Morgan fingerprint density at radius 3 is 2.14 bits per heavy atom. The van der Waals surface area contributed by atoms with E-state index in [0.717, 1.165) is 11.4 Å². The highest BCUT2D eigenvalue weighted by molar-refractivity contribution is 8.03. The number of para-hydroxylation sites is 4. The predicted octanol–water partition coefficient (Wildman–Crippen LogP) is 7.78. The third-order valence-corrected chi connectivity index (χ3v) is 8.43. The van der Waals surface area contributed by atoms with Crippen LogP contribution >= 0.6 is 23.4 Å². The predicted molar refractivity (Wildman–Crippen MR) is 177 cm³/mol. The third-order valence-electron chi connectivity index (χ3n) is 7.08. The summed E-state index contributed by atoms with van der Waals surface area (Å²) >= 11 is 7.88. The Hall–Kier alpha value is -4.97. The maximum absolute atomic E-state index is 13.9. The number of benzene rings is 4. The van der Waals surface area contributed by atoms with E-state index in [0.29, 0.717) is 38.3 Å². The summed E-state index contributed by atoms with van der Waals surface area (Å²) in [5.74, 6) is -0.819. The van der Waals surface area contributed by atoms with E-state index in [4.69, 9.17) is 16.3 Å². The molecule has 1 heterocycles. The topological polar surface area (TPSA) is 94.5 Å². The molecular weight excluding hydrogens is 592 g/mol. The van der Waals surface area contributed by atoms with Crippen molar-refractivity contribution in [2.75, 3.05) is 23.1 Å².